The molecule has 2 fully saturated rings. The average Bonchev–Trinajstić information content (AvgIpc) is 2.46. The fourth-order valence-corrected chi connectivity index (χ4v) is 2.18. The van der Waals surface area contributed by atoms with Crippen LogP contribution in [0.2, 0.25) is 0 Å². The van der Waals surface area contributed by atoms with Gasteiger partial charge in [0.05, 0.1) is 11.2 Å². The predicted octanol–water partition coefficient (Wildman–Crippen LogP) is 2.28. The lowest BCUT2D eigenvalue weighted by molar-refractivity contribution is 0.198. The number of oxazole rings is 1. The Bertz CT molecular complexity index is 337. The summed E-state index contributed by atoms with van der Waals surface area (Å²) in [7, 11) is 0. The molecule has 3 rings (SSSR count). The summed E-state index contributed by atoms with van der Waals surface area (Å²) in [5.41, 5.74) is 7.03. The van der Waals surface area contributed by atoms with Crippen molar-refractivity contribution >= 4 is 0 Å². The first-order valence-corrected chi connectivity index (χ1v) is 5.53. The van der Waals surface area contributed by atoms with Gasteiger partial charge in [-0.2, -0.15) is 0 Å². The van der Waals surface area contributed by atoms with Gasteiger partial charge in [0.1, 0.15) is 6.26 Å². The number of nitrogens with two attached hydrogens (primary N) is 1. The molecule has 0 radical (unpaired) electrons. The third-order valence-corrected chi connectivity index (χ3v) is 3.72. The smallest absolute Gasteiger partial charge is 0.214 e. The van der Waals surface area contributed by atoms with Crippen molar-refractivity contribution in [2.75, 3.05) is 0 Å². The Balaban J connectivity index is 1.82. The van der Waals surface area contributed by atoms with Crippen LogP contribution in [0.3, 0.4) is 0 Å². The fraction of sp³-hybridized carbons (Fsp3) is 0.727. The minimum absolute atomic E-state index is 0.234. The van der Waals surface area contributed by atoms with Crippen molar-refractivity contribution in [3.05, 3.63) is 17.8 Å². The second-order valence-corrected chi connectivity index (χ2v) is 4.72. The van der Waals surface area contributed by atoms with Crippen LogP contribution in [0.4, 0.5) is 0 Å². The topological polar surface area (TPSA) is 52.0 Å². The van der Waals surface area contributed by atoms with Gasteiger partial charge in [-0.1, -0.05) is 6.42 Å². The van der Waals surface area contributed by atoms with Gasteiger partial charge in [0.25, 0.3) is 0 Å². The van der Waals surface area contributed by atoms with Crippen LogP contribution in [0.5, 0.6) is 0 Å². The zero-order valence-corrected chi connectivity index (χ0v) is 8.33. The fourth-order valence-electron chi connectivity index (χ4n) is 2.18. The van der Waals surface area contributed by atoms with Crippen molar-refractivity contribution in [3.8, 4) is 0 Å². The highest BCUT2D eigenvalue weighted by atomic mass is 16.3. The highest BCUT2D eigenvalue weighted by molar-refractivity contribution is 5.14. The van der Waals surface area contributed by atoms with Crippen LogP contribution >= 0.6 is 0 Å². The molecule has 0 bridgehead atoms. The van der Waals surface area contributed by atoms with Crippen LogP contribution in [0.1, 0.15) is 56.0 Å². The predicted molar refractivity (Wildman–Crippen MR) is 52.8 cm³/mol. The third kappa shape index (κ3) is 1.12. The summed E-state index contributed by atoms with van der Waals surface area (Å²) >= 11 is 0. The summed E-state index contributed by atoms with van der Waals surface area (Å²) in [6, 6.07) is 0. The molecule has 0 saturated heterocycles. The number of hydrogen-bond acceptors (Lipinski definition) is 3. The Morgan fingerprint density at radius 2 is 2.14 bits per heavy atom. The van der Waals surface area contributed by atoms with Gasteiger partial charge in [0.2, 0.25) is 5.89 Å². The molecule has 2 aliphatic rings. The Hall–Kier alpha value is -0.830. The van der Waals surface area contributed by atoms with Gasteiger partial charge in [0.15, 0.2) is 0 Å². The number of hydrogen-bond donors (Lipinski definition) is 1. The molecule has 3 heteroatoms. The van der Waals surface area contributed by atoms with Crippen LogP contribution in [0, 0.1) is 0 Å². The summed E-state index contributed by atoms with van der Waals surface area (Å²) in [6.07, 6.45) is 8.94. The van der Waals surface area contributed by atoms with E-state index < -0.39 is 0 Å². The van der Waals surface area contributed by atoms with Crippen LogP contribution in [0.15, 0.2) is 10.7 Å². The molecular weight excluding hydrogens is 176 g/mol. The van der Waals surface area contributed by atoms with Gasteiger partial charge >= 0.3 is 0 Å². The van der Waals surface area contributed by atoms with Crippen molar-refractivity contribution in [2.24, 2.45) is 5.73 Å². The number of rotatable bonds is 2. The molecule has 3 nitrogen and oxygen atoms in total. The summed E-state index contributed by atoms with van der Waals surface area (Å²) in [5.74, 6) is 1.42. The molecule has 1 aromatic rings. The van der Waals surface area contributed by atoms with Gasteiger partial charge in [0, 0.05) is 5.92 Å². The van der Waals surface area contributed by atoms with Crippen LogP contribution < -0.4 is 5.73 Å². The van der Waals surface area contributed by atoms with Gasteiger partial charge in [-0.05, 0) is 32.1 Å². The van der Waals surface area contributed by atoms with E-state index in [1.807, 2.05) is 6.26 Å². The minimum atomic E-state index is -0.234. The molecule has 0 spiro atoms. The lowest BCUT2D eigenvalue weighted by Gasteiger charge is -2.34. The van der Waals surface area contributed by atoms with Gasteiger partial charge < -0.3 is 10.2 Å². The Morgan fingerprint density at radius 1 is 1.36 bits per heavy atom. The first-order valence-electron chi connectivity index (χ1n) is 5.53. The molecule has 76 valence electrons. The molecule has 0 unspecified atom stereocenters. The molecule has 14 heavy (non-hydrogen) atoms. The second kappa shape index (κ2) is 2.83. The highest BCUT2D eigenvalue weighted by Gasteiger charge is 2.39. The lowest BCUT2D eigenvalue weighted by atomic mass is 9.77. The highest BCUT2D eigenvalue weighted by Crippen LogP contribution is 2.41. The molecular formula is C11H16N2O. The van der Waals surface area contributed by atoms with Gasteiger partial charge in [-0.15, -0.1) is 0 Å². The maximum absolute atomic E-state index is 6.14. The normalized spacial score (nSPS) is 25.5. The van der Waals surface area contributed by atoms with Crippen molar-refractivity contribution in [1.29, 1.82) is 0 Å². The molecule has 1 heterocycles. The minimum Gasteiger partial charge on any atom is -0.447 e. The average molecular weight is 192 g/mol. The summed E-state index contributed by atoms with van der Waals surface area (Å²) in [4.78, 5) is 4.53. The van der Waals surface area contributed by atoms with Crippen molar-refractivity contribution < 1.29 is 4.42 Å². The Morgan fingerprint density at radius 3 is 2.64 bits per heavy atom. The van der Waals surface area contributed by atoms with Crippen molar-refractivity contribution in [3.63, 3.8) is 0 Å². The monoisotopic (exact) mass is 192 g/mol. The molecule has 0 aromatic carbocycles. The van der Waals surface area contributed by atoms with Gasteiger partial charge in [-0.25, -0.2) is 4.98 Å². The van der Waals surface area contributed by atoms with Crippen LogP contribution in [-0.2, 0) is 5.54 Å². The quantitative estimate of drug-likeness (QED) is 0.782. The molecule has 0 amide bonds. The van der Waals surface area contributed by atoms with E-state index in [-0.39, 0.29) is 5.54 Å². The van der Waals surface area contributed by atoms with E-state index in [0.717, 1.165) is 24.4 Å². The summed E-state index contributed by atoms with van der Waals surface area (Å²) in [6.45, 7) is 0. The summed E-state index contributed by atoms with van der Waals surface area (Å²) in [5, 5.41) is 0. The van der Waals surface area contributed by atoms with E-state index in [0.29, 0.717) is 5.92 Å². The largest absolute Gasteiger partial charge is 0.447 e. The van der Waals surface area contributed by atoms with Crippen LogP contribution in [0.25, 0.3) is 0 Å². The Labute approximate surface area is 83.7 Å². The number of nitrogens with zero attached hydrogens (tertiary/aromatic N) is 1. The molecule has 2 N–H and O–H groups in total. The van der Waals surface area contributed by atoms with E-state index in [1.165, 1.54) is 25.7 Å². The van der Waals surface area contributed by atoms with E-state index >= 15 is 0 Å². The van der Waals surface area contributed by atoms with E-state index in [4.69, 9.17) is 10.2 Å². The first-order chi connectivity index (χ1) is 6.78. The standard InChI is InChI=1S/C11H16N2O/c12-11(5-2-6-11)10-13-9(7-14-10)8-3-1-4-8/h7-8H,1-6,12H2. The van der Waals surface area contributed by atoms with Crippen LogP contribution in [-0.4, -0.2) is 4.98 Å². The molecule has 0 atom stereocenters. The number of aromatic nitrogens is 1. The van der Waals surface area contributed by atoms with E-state index in [2.05, 4.69) is 4.98 Å². The maximum atomic E-state index is 6.14. The summed E-state index contributed by atoms with van der Waals surface area (Å²) < 4.78 is 5.49. The van der Waals surface area contributed by atoms with Crippen molar-refractivity contribution in [2.45, 2.75) is 50.0 Å². The molecule has 1 aromatic heterocycles. The zero-order chi connectivity index (χ0) is 9.60. The third-order valence-electron chi connectivity index (χ3n) is 3.72. The van der Waals surface area contributed by atoms with E-state index in [9.17, 15) is 0 Å². The SMILES string of the molecule is NC1(c2nc(C3CCC3)co2)CCC1. The zero-order valence-electron chi connectivity index (χ0n) is 8.33. The second-order valence-electron chi connectivity index (χ2n) is 4.72. The van der Waals surface area contributed by atoms with E-state index in [1.54, 1.807) is 0 Å². The molecule has 2 saturated carbocycles. The van der Waals surface area contributed by atoms with Gasteiger partial charge in [-0.3, -0.25) is 0 Å². The first kappa shape index (κ1) is 8.48. The maximum Gasteiger partial charge on any atom is 0.214 e. The molecule has 0 aliphatic heterocycles. The lowest BCUT2D eigenvalue weighted by Crippen LogP contribution is -2.43. The molecule has 2 aliphatic carbocycles. The Kier molecular flexibility index (Phi) is 1.71. The van der Waals surface area contributed by atoms with Crippen molar-refractivity contribution in [1.82, 2.24) is 4.98 Å².